The molecule has 0 unspecified atom stereocenters. The smallest absolute Gasteiger partial charge is 0.257 e. The standard InChI is InChI=1S/C14H20FNO2/c1-2-3-4-7-10-16-14(17)11-18-13-9-6-5-8-12(13)15/h5-6,8-9H,2-4,7,10-11H2,1H3,(H,16,17). The summed E-state index contributed by atoms with van der Waals surface area (Å²) in [5.74, 6) is -0.554. The topological polar surface area (TPSA) is 38.3 Å². The van der Waals surface area contributed by atoms with Crippen molar-refractivity contribution in [3.05, 3.63) is 30.1 Å². The average molecular weight is 253 g/mol. The van der Waals surface area contributed by atoms with Crippen LogP contribution in [0.25, 0.3) is 0 Å². The van der Waals surface area contributed by atoms with Crippen molar-refractivity contribution in [2.24, 2.45) is 0 Å². The van der Waals surface area contributed by atoms with Gasteiger partial charge < -0.3 is 10.1 Å². The third-order valence-electron chi connectivity index (χ3n) is 2.55. The van der Waals surface area contributed by atoms with E-state index in [-0.39, 0.29) is 18.3 Å². The predicted molar refractivity (Wildman–Crippen MR) is 69.0 cm³/mol. The van der Waals surface area contributed by atoms with E-state index in [1.165, 1.54) is 25.0 Å². The molecule has 0 aliphatic carbocycles. The van der Waals surface area contributed by atoms with E-state index in [1.54, 1.807) is 12.1 Å². The van der Waals surface area contributed by atoms with Crippen LogP contribution in [-0.4, -0.2) is 19.1 Å². The van der Waals surface area contributed by atoms with E-state index in [0.717, 1.165) is 12.8 Å². The second-order valence-corrected chi connectivity index (χ2v) is 4.13. The highest BCUT2D eigenvalue weighted by Crippen LogP contribution is 2.14. The highest BCUT2D eigenvalue weighted by molar-refractivity contribution is 5.77. The first-order valence-corrected chi connectivity index (χ1v) is 6.38. The van der Waals surface area contributed by atoms with Crippen molar-refractivity contribution < 1.29 is 13.9 Å². The van der Waals surface area contributed by atoms with Gasteiger partial charge in [0, 0.05) is 6.54 Å². The molecule has 0 aliphatic rings. The van der Waals surface area contributed by atoms with Crippen LogP contribution in [0.3, 0.4) is 0 Å². The summed E-state index contributed by atoms with van der Waals surface area (Å²) in [5.41, 5.74) is 0. The van der Waals surface area contributed by atoms with Gasteiger partial charge in [0.25, 0.3) is 5.91 Å². The van der Waals surface area contributed by atoms with Gasteiger partial charge in [-0.3, -0.25) is 4.79 Å². The molecule has 0 bridgehead atoms. The van der Waals surface area contributed by atoms with Crippen molar-refractivity contribution in [1.29, 1.82) is 0 Å². The summed E-state index contributed by atoms with van der Waals surface area (Å²) in [6.45, 7) is 2.65. The molecule has 0 atom stereocenters. The predicted octanol–water partition coefficient (Wildman–Crippen LogP) is 2.90. The summed E-state index contributed by atoms with van der Waals surface area (Å²) < 4.78 is 18.3. The summed E-state index contributed by atoms with van der Waals surface area (Å²) in [6.07, 6.45) is 4.44. The molecule has 0 saturated carbocycles. The number of rotatable bonds is 8. The average Bonchev–Trinajstić information content (AvgIpc) is 2.37. The monoisotopic (exact) mass is 253 g/mol. The third kappa shape index (κ3) is 5.66. The van der Waals surface area contributed by atoms with Crippen LogP contribution in [0.1, 0.15) is 32.6 Å². The summed E-state index contributed by atoms with van der Waals surface area (Å²) in [4.78, 5) is 11.4. The van der Waals surface area contributed by atoms with E-state index >= 15 is 0 Å². The molecule has 1 aromatic carbocycles. The fraction of sp³-hybridized carbons (Fsp3) is 0.500. The fourth-order valence-electron chi connectivity index (χ4n) is 1.54. The van der Waals surface area contributed by atoms with Crippen molar-refractivity contribution in [1.82, 2.24) is 5.32 Å². The molecule has 1 rings (SSSR count). The fourth-order valence-corrected chi connectivity index (χ4v) is 1.54. The number of para-hydroxylation sites is 1. The molecule has 1 aromatic rings. The molecule has 1 N–H and O–H groups in total. The molecule has 0 aromatic heterocycles. The van der Waals surface area contributed by atoms with Crippen LogP contribution < -0.4 is 10.1 Å². The van der Waals surface area contributed by atoms with E-state index < -0.39 is 5.82 Å². The zero-order chi connectivity index (χ0) is 13.2. The molecule has 0 saturated heterocycles. The molecular formula is C14H20FNO2. The zero-order valence-corrected chi connectivity index (χ0v) is 10.7. The Bertz CT molecular complexity index is 369. The van der Waals surface area contributed by atoms with Crippen molar-refractivity contribution >= 4 is 5.91 Å². The van der Waals surface area contributed by atoms with E-state index in [2.05, 4.69) is 12.2 Å². The van der Waals surface area contributed by atoms with Crippen LogP contribution in [0.4, 0.5) is 4.39 Å². The maximum Gasteiger partial charge on any atom is 0.257 e. The molecule has 0 fully saturated rings. The van der Waals surface area contributed by atoms with Crippen LogP contribution in [0.2, 0.25) is 0 Å². The number of benzene rings is 1. The van der Waals surface area contributed by atoms with Gasteiger partial charge >= 0.3 is 0 Å². The lowest BCUT2D eigenvalue weighted by atomic mass is 10.2. The summed E-state index contributed by atoms with van der Waals surface area (Å²) >= 11 is 0. The summed E-state index contributed by atoms with van der Waals surface area (Å²) in [7, 11) is 0. The number of hydrogen-bond donors (Lipinski definition) is 1. The first-order chi connectivity index (χ1) is 8.74. The lowest BCUT2D eigenvalue weighted by molar-refractivity contribution is -0.123. The van der Waals surface area contributed by atoms with Crippen molar-refractivity contribution in [2.75, 3.05) is 13.2 Å². The molecule has 4 heteroatoms. The van der Waals surface area contributed by atoms with E-state index in [0.29, 0.717) is 6.54 Å². The molecule has 1 amide bonds. The minimum Gasteiger partial charge on any atom is -0.481 e. The number of carbonyl (C=O) groups is 1. The van der Waals surface area contributed by atoms with Gasteiger partial charge in [-0.1, -0.05) is 38.3 Å². The van der Waals surface area contributed by atoms with Gasteiger partial charge in [-0.2, -0.15) is 0 Å². The highest BCUT2D eigenvalue weighted by atomic mass is 19.1. The van der Waals surface area contributed by atoms with Gasteiger partial charge in [0.05, 0.1) is 0 Å². The lowest BCUT2D eigenvalue weighted by Gasteiger charge is -2.07. The van der Waals surface area contributed by atoms with Crippen molar-refractivity contribution in [2.45, 2.75) is 32.6 Å². The number of halogens is 1. The van der Waals surface area contributed by atoms with Gasteiger partial charge in [0.2, 0.25) is 0 Å². The summed E-state index contributed by atoms with van der Waals surface area (Å²) in [5, 5.41) is 2.74. The Balaban J connectivity index is 2.15. The number of hydrogen-bond acceptors (Lipinski definition) is 2. The SMILES string of the molecule is CCCCCCNC(=O)COc1ccccc1F. The number of unbranched alkanes of at least 4 members (excludes halogenated alkanes) is 3. The molecule has 0 heterocycles. The molecule has 0 aliphatic heterocycles. The van der Waals surface area contributed by atoms with Crippen LogP contribution in [0, 0.1) is 5.82 Å². The number of carbonyl (C=O) groups excluding carboxylic acids is 1. The molecule has 3 nitrogen and oxygen atoms in total. The molecule has 0 radical (unpaired) electrons. The number of amides is 1. The van der Waals surface area contributed by atoms with Crippen LogP contribution in [0.5, 0.6) is 5.75 Å². The molecular weight excluding hydrogens is 233 g/mol. The van der Waals surface area contributed by atoms with Crippen molar-refractivity contribution in [3.63, 3.8) is 0 Å². The van der Waals surface area contributed by atoms with E-state index in [1.807, 2.05) is 0 Å². The van der Waals surface area contributed by atoms with Crippen LogP contribution >= 0.6 is 0 Å². The van der Waals surface area contributed by atoms with Crippen LogP contribution in [-0.2, 0) is 4.79 Å². The van der Waals surface area contributed by atoms with Gasteiger partial charge in [-0.15, -0.1) is 0 Å². The number of ether oxygens (including phenoxy) is 1. The molecule has 18 heavy (non-hydrogen) atoms. The molecule has 0 spiro atoms. The number of nitrogens with one attached hydrogen (secondary N) is 1. The summed E-state index contributed by atoms with van der Waals surface area (Å²) in [6, 6.07) is 6.05. The minimum atomic E-state index is -0.451. The Hall–Kier alpha value is -1.58. The second kappa shape index (κ2) is 8.50. The van der Waals surface area contributed by atoms with Crippen LogP contribution in [0.15, 0.2) is 24.3 Å². The van der Waals surface area contributed by atoms with E-state index in [4.69, 9.17) is 4.74 Å². The normalized spacial score (nSPS) is 10.1. The quantitative estimate of drug-likeness (QED) is 0.723. The Kier molecular flexibility index (Phi) is 6.84. The second-order valence-electron chi connectivity index (χ2n) is 4.13. The van der Waals surface area contributed by atoms with E-state index in [9.17, 15) is 9.18 Å². The highest BCUT2D eigenvalue weighted by Gasteiger charge is 2.05. The minimum absolute atomic E-state index is 0.110. The first-order valence-electron chi connectivity index (χ1n) is 6.38. The van der Waals surface area contributed by atoms with Gasteiger partial charge in [-0.25, -0.2) is 4.39 Å². The third-order valence-corrected chi connectivity index (χ3v) is 2.55. The largest absolute Gasteiger partial charge is 0.481 e. The lowest BCUT2D eigenvalue weighted by Crippen LogP contribution is -2.29. The van der Waals surface area contributed by atoms with Gasteiger partial charge in [0.1, 0.15) is 0 Å². The Morgan fingerprint density at radius 2 is 2.06 bits per heavy atom. The maximum absolute atomic E-state index is 13.2. The maximum atomic E-state index is 13.2. The first kappa shape index (κ1) is 14.5. The van der Waals surface area contributed by atoms with Gasteiger partial charge in [-0.05, 0) is 18.6 Å². The Morgan fingerprint density at radius 1 is 1.28 bits per heavy atom. The molecule has 100 valence electrons. The Morgan fingerprint density at radius 3 is 2.78 bits per heavy atom. The zero-order valence-electron chi connectivity index (χ0n) is 10.7. The van der Waals surface area contributed by atoms with Crippen molar-refractivity contribution in [3.8, 4) is 5.75 Å². The Labute approximate surface area is 107 Å². The van der Waals surface area contributed by atoms with Gasteiger partial charge in [0.15, 0.2) is 18.2 Å².